The van der Waals surface area contributed by atoms with Gasteiger partial charge in [-0.15, -0.1) is 0 Å². The zero-order valence-electron chi connectivity index (χ0n) is 19.2. The van der Waals surface area contributed by atoms with Crippen LogP contribution in [0.3, 0.4) is 0 Å². The molecule has 1 aliphatic rings. The minimum atomic E-state index is -0.132. The minimum absolute atomic E-state index is 0.0120. The Morgan fingerprint density at radius 2 is 1.80 bits per heavy atom. The molecule has 4 aromatic rings. The van der Waals surface area contributed by atoms with E-state index in [0.29, 0.717) is 48.9 Å². The van der Waals surface area contributed by atoms with E-state index in [1.54, 1.807) is 10.7 Å². The standard InChI is InChI=1S/C27H23N5O3/c1-19(33)29-23-4-2-3-20(17-23)5-10-24-18-28-26-12-11-25(30-32(24)26)21-6-8-22(9-7-21)27(34)31-13-15-35-16-14-31/h2-4,6-9,11-12,17-18H,13-16H2,1H3,(H,29,33). The Bertz CT molecular complexity index is 1460. The van der Waals surface area contributed by atoms with Gasteiger partial charge in [-0.25, -0.2) is 9.50 Å². The molecule has 2 amide bonds. The van der Waals surface area contributed by atoms with E-state index >= 15 is 0 Å². The number of aromatic nitrogens is 3. The van der Waals surface area contributed by atoms with E-state index in [2.05, 4.69) is 22.1 Å². The Balaban J connectivity index is 1.39. The van der Waals surface area contributed by atoms with Gasteiger partial charge in [-0.1, -0.05) is 24.1 Å². The van der Waals surface area contributed by atoms with Crippen molar-refractivity contribution in [1.82, 2.24) is 19.5 Å². The normalized spacial score (nSPS) is 13.2. The van der Waals surface area contributed by atoms with Gasteiger partial charge in [0.1, 0.15) is 5.69 Å². The maximum absolute atomic E-state index is 12.7. The summed E-state index contributed by atoms with van der Waals surface area (Å²) in [6.45, 7) is 3.84. The van der Waals surface area contributed by atoms with E-state index in [0.717, 1.165) is 16.8 Å². The van der Waals surface area contributed by atoms with Crippen LogP contribution in [0.2, 0.25) is 0 Å². The number of nitrogens with zero attached hydrogens (tertiary/aromatic N) is 4. The van der Waals surface area contributed by atoms with E-state index in [9.17, 15) is 9.59 Å². The number of hydrogen-bond acceptors (Lipinski definition) is 5. The molecular formula is C27H23N5O3. The summed E-state index contributed by atoms with van der Waals surface area (Å²) in [5.41, 5.74) is 5.07. The van der Waals surface area contributed by atoms with Gasteiger partial charge in [0.05, 0.1) is 25.1 Å². The number of fused-ring (bicyclic) bond motifs is 1. The Morgan fingerprint density at radius 1 is 1.00 bits per heavy atom. The fourth-order valence-corrected chi connectivity index (χ4v) is 3.86. The molecule has 8 heteroatoms. The molecule has 0 unspecified atom stereocenters. The van der Waals surface area contributed by atoms with Gasteiger partial charge < -0.3 is 15.0 Å². The van der Waals surface area contributed by atoms with Crippen molar-refractivity contribution in [2.75, 3.05) is 31.6 Å². The van der Waals surface area contributed by atoms with E-state index in [-0.39, 0.29) is 11.8 Å². The maximum Gasteiger partial charge on any atom is 0.254 e. The van der Waals surface area contributed by atoms with E-state index in [1.807, 2.05) is 65.6 Å². The van der Waals surface area contributed by atoms with Crippen molar-refractivity contribution in [3.05, 3.63) is 83.7 Å². The van der Waals surface area contributed by atoms with Crippen LogP contribution in [0.5, 0.6) is 0 Å². The molecule has 5 rings (SSSR count). The number of nitrogens with one attached hydrogen (secondary N) is 1. The van der Waals surface area contributed by atoms with Crippen molar-refractivity contribution in [3.8, 4) is 23.1 Å². The summed E-state index contributed by atoms with van der Waals surface area (Å²) in [5.74, 6) is 6.11. The Morgan fingerprint density at radius 3 is 2.57 bits per heavy atom. The molecule has 1 N–H and O–H groups in total. The predicted octanol–water partition coefficient (Wildman–Crippen LogP) is 3.23. The molecule has 1 aliphatic heterocycles. The van der Waals surface area contributed by atoms with Crippen LogP contribution < -0.4 is 5.32 Å². The third kappa shape index (κ3) is 5.05. The molecule has 2 aromatic carbocycles. The summed E-state index contributed by atoms with van der Waals surface area (Å²) in [5, 5.41) is 7.48. The number of morpholine rings is 1. The van der Waals surface area contributed by atoms with Crippen LogP contribution in [-0.2, 0) is 9.53 Å². The molecule has 0 spiro atoms. The average molecular weight is 466 g/mol. The van der Waals surface area contributed by atoms with Gasteiger partial charge in [-0.3, -0.25) is 9.59 Å². The quantitative estimate of drug-likeness (QED) is 0.470. The third-order valence-electron chi connectivity index (χ3n) is 5.61. The van der Waals surface area contributed by atoms with Gasteiger partial charge in [-0.05, 0) is 48.4 Å². The molecule has 0 aliphatic carbocycles. The summed E-state index contributed by atoms with van der Waals surface area (Å²) in [7, 11) is 0. The number of carbonyl (C=O) groups is 2. The Kier molecular flexibility index (Phi) is 6.24. The highest BCUT2D eigenvalue weighted by Crippen LogP contribution is 2.20. The monoisotopic (exact) mass is 465 g/mol. The smallest absolute Gasteiger partial charge is 0.254 e. The van der Waals surface area contributed by atoms with Crippen LogP contribution in [0.1, 0.15) is 28.5 Å². The molecular weight excluding hydrogens is 442 g/mol. The van der Waals surface area contributed by atoms with Crippen LogP contribution in [0.4, 0.5) is 5.69 Å². The first-order valence-electron chi connectivity index (χ1n) is 11.3. The SMILES string of the molecule is CC(=O)Nc1cccc(C#Cc2cnc3ccc(-c4ccc(C(=O)N5CCOCC5)cc4)nn23)c1. The van der Waals surface area contributed by atoms with Gasteiger partial charge in [0.15, 0.2) is 5.65 Å². The zero-order chi connectivity index (χ0) is 24.2. The summed E-state index contributed by atoms with van der Waals surface area (Å²) in [4.78, 5) is 30.2. The molecule has 0 atom stereocenters. The topological polar surface area (TPSA) is 88.8 Å². The van der Waals surface area contributed by atoms with Gasteiger partial charge in [0.2, 0.25) is 5.91 Å². The predicted molar refractivity (Wildman–Crippen MR) is 132 cm³/mol. The fourth-order valence-electron chi connectivity index (χ4n) is 3.86. The van der Waals surface area contributed by atoms with Crippen molar-refractivity contribution in [3.63, 3.8) is 0 Å². The first-order valence-corrected chi connectivity index (χ1v) is 11.3. The molecule has 0 bridgehead atoms. The molecule has 1 fully saturated rings. The number of hydrogen-bond donors (Lipinski definition) is 1. The summed E-state index contributed by atoms with van der Waals surface area (Å²) < 4.78 is 7.03. The average Bonchev–Trinajstić information content (AvgIpc) is 3.30. The number of ether oxygens (including phenoxy) is 1. The van der Waals surface area contributed by atoms with Crippen LogP contribution in [0.15, 0.2) is 66.9 Å². The van der Waals surface area contributed by atoms with Gasteiger partial charge in [0.25, 0.3) is 5.91 Å². The lowest BCUT2D eigenvalue weighted by molar-refractivity contribution is -0.114. The van der Waals surface area contributed by atoms with Crippen molar-refractivity contribution in [2.24, 2.45) is 0 Å². The number of imidazole rings is 1. The minimum Gasteiger partial charge on any atom is -0.378 e. The van der Waals surface area contributed by atoms with Crippen LogP contribution >= 0.6 is 0 Å². The Hall–Kier alpha value is -4.48. The van der Waals surface area contributed by atoms with Gasteiger partial charge in [-0.2, -0.15) is 5.10 Å². The summed E-state index contributed by atoms with van der Waals surface area (Å²) in [6, 6.07) is 18.6. The molecule has 174 valence electrons. The largest absolute Gasteiger partial charge is 0.378 e. The third-order valence-corrected chi connectivity index (χ3v) is 5.61. The highest BCUT2D eigenvalue weighted by Gasteiger charge is 2.18. The van der Waals surface area contributed by atoms with Crippen molar-refractivity contribution in [1.29, 1.82) is 0 Å². The zero-order valence-corrected chi connectivity index (χ0v) is 19.2. The Labute approximate surface area is 202 Å². The van der Waals surface area contributed by atoms with Crippen molar-refractivity contribution >= 4 is 23.1 Å². The number of benzene rings is 2. The number of carbonyl (C=O) groups excluding carboxylic acids is 2. The number of rotatable bonds is 3. The molecule has 0 saturated carbocycles. The fraction of sp³-hybridized carbons (Fsp3) is 0.185. The van der Waals surface area contributed by atoms with Crippen LogP contribution in [-0.4, -0.2) is 57.6 Å². The summed E-state index contributed by atoms with van der Waals surface area (Å²) >= 11 is 0. The molecule has 2 aromatic heterocycles. The van der Waals surface area contributed by atoms with Gasteiger partial charge in [0, 0.05) is 42.4 Å². The second kappa shape index (κ2) is 9.79. The van der Waals surface area contributed by atoms with Crippen LogP contribution in [0.25, 0.3) is 16.9 Å². The van der Waals surface area contributed by atoms with Gasteiger partial charge >= 0.3 is 0 Å². The lowest BCUT2D eigenvalue weighted by Gasteiger charge is -2.26. The lowest BCUT2D eigenvalue weighted by atomic mass is 10.1. The molecule has 8 nitrogen and oxygen atoms in total. The van der Waals surface area contributed by atoms with Crippen molar-refractivity contribution < 1.29 is 14.3 Å². The molecule has 1 saturated heterocycles. The lowest BCUT2D eigenvalue weighted by Crippen LogP contribution is -2.40. The molecule has 35 heavy (non-hydrogen) atoms. The maximum atomic E-state index is 12.7. The highest BCUT2D eigenvalue weighted by molar-refractivity contribution is 5.94. The van der Waals surface area contributed by atoms with Crippen molar-refractivity contribution in [2.45, 2.75) is 6.92 Å². The van der Waals surface area contributed by atoms with E-state index in [1.165, 1.54) is 6.92 Å². The van der Waals surface area contributed by atoms with Crippen LogP contribution in [0, 0.1) is 11.8 Å². The summed E-state index contributed by atoms with van der Waals surface area (Å²) in [6.07, 6.45) is 1.68. The highest BCUT2D eigenvalue weighted by atomic mass is 16.5. The number of amides is 2. The second-order valence-corrected chi connectivity index (χ2v) is 8.13. The van der Waals surface area contributed by atoms with E-state index in [4.69, 9.17) is 9.84 Å². The molecule has 0 radical (unpaired) electrons. The van der Waals surface area contributed by atoms with E-state index < -0.39 is 0 Å². The number of anilines is 1. The first-order chi connectivity index (χ1) is 17.1. The first kappa shape index (κ1) is 22.3. The molecule has 3 heterocycles. The second-order valence-electron chi connectivity index (χ2n) is 8.13.